The van der Waals surface area contributed by atoms with Crippen molar-refractivity contribution in [2.45, 2.75) is 11.0 Å². The van der Waals surface area contributed by atoms with Gasteiger partial charge >= 0.3 is 0 Å². The molecule has 0 N–H and O–H groups in total. The number of nitrogens with zero attached hydrogens (tertiary/aromatic N) is 3. The predicted molar refractivity (Wildman–Crippen MR) is 68.4 cm³/mol. The number of aromatic nitrogens is 1. The van der Waals surface area contributed by atoms with Gasteiger partial charge in [0.2, 0.25) is 10.0 Å². The molecule has 1 aliphatic heterocycles. The van der Waals surface area contributed by atoms with Gasteiger partial charge in [0.15, 0.2) is 6.10 Å². The average Bonchev–Trinajstić information content (AvgIpc) is 2.41. The number of morpholine rings is 1. The van der Waals surface area contributed by atoms with Crippen LogP contribution in [-0.2, 0) is 14.8 Å². The Balaban J connectivity index is 2.31. The van der Waals surface area contributed by atoms with Gasteiger partial charge in [-0.25, -0.2) is 13.4 Å². The molecule has 1 aromatic rings. The lowest BCUT2D eigenvalue weighted by molar-refractivity contribution is 0.0311. The summed E-state index contributed by atoms with van der Waals surface area (Å²) in [6.45, 7) is 0.339. The van der Waals surface area contributed by atoms with Crippen LogP contribution in [0.2, 0.25) is 10.2 Å². The van der Waals surface area contributed by atoms with Crippen molar-refractivity contribution in [1.29, 1.82) is 5.26 Å². The summed E-state index contributed by atoms with van der Waals surface area (Å²) in [5.41, 5.74) is 0. The van der Waals surface area contributed by atoms with Gasteiger partial charge in [0.25, 0.3) is 0 Å². The topological polar surface area (TPSA) is 83.3 Å². The third-order valence-electron chi connectivity index (χ3n) is 2.58. The molecule has 1 atom stereocenters. The maximum absolute atomic E-state index is 12.3. The average molecular weight is 322 g/mol. The van der Waals surface area contributed by atoms with Gasteiger partial charge < -0.3 is 4.74 Å². The molecule has 9 heteroatoms. The summed E-state index contributed by atoms with van der Waals surface area (Å²) in [6, 6.07) is 3.13. The Bertz CT molecular complexity index is 629. The van der Waals surface area contributed by atoms with Gasteiger partial charge in [-0.15, -0.1) is 0 Å². The van der Waals surface area contributed by atoms with Gasteiger partial charge in [-0.2, -0.15) is 9.57 Å². The zero-order valence-electron chi connectivity index (χ0n) is 9.58. The maximum Gasteiger partial charge on any atom is 0.244 e. The lowest BCUT2D eigenvalue weighted by atomic mass is 10.3. The molecular formula is C10H9Cl2N3O3S. The van der Waals surface area contributed by atoms with Crippen LogP contribution in [0.1, 0.15) is 0 Å². The van der Waals surface area contributed by atoms with E-state index < -0.39 is 16.1 Å². The highest BCUT2D eigenvalue weighted by molar-refractivity contribution is 7.89. The van der Waals surface area contributed by atoms with Gasteiger partial charge in [0, 0.05) is 12.7 Å². The number of pyridine rings is 1. The second kappa shape index (κ2) is 5.61. The number of sulfonamides is 1. The summed E-state index contributed by atoms with van der Waals surface area (Å²) >= 11 is 11.4. The van der Waals surface area contributed by atoms with Crippen molar-refractivity contribution < 1.29 is 13.2 Å². The lowest BCUT2D eigenvalue weighted by Gasteiger charge is -2.28. The number of hydrogen-bond donors (Lipinski definition) is 0. The van der Waals surface area contributed by atoms with E-state index in [-0.39, 0.29) is 34.8 Å². The quantitative estimate of drug-likeness (QED) is 0.767. The Hall–Kier alpha value is -0.910. The molecule has 6 nitrogen and oxygen atoms in total. The fourth-order valence-corrected chi connectivity index (χ4v) is 3.35. The molecule has 19 heavy (non-hydrogen) atoms. The van der Waals surface area contributed by atoms with E-state index in [1.165, 1.54) is 10.4 Å². The number of hydrogen-bond acceptors (Lipinski definition) is 5. The Labute approximate surface area is 120 Å². The van der Waals surface area contributed by atoms with Gasteiger partial charge in [0.05, 0.1) is 24.2 Å². The van der Waals surface area contributed by atoms with Crippen molar-refractivity contribution in [3.8, 4) is 6.07 Å². The highest BCUT2D eigenvalue weighted by Gasteiger charge is 2.31. The fraction of sp³-hybridized carbons (Fsp3) is 0.400. The van der Waals surface area contributed by atoms with Gasteiger partial charge in [-0.1, -0.05) is 23.2 Å². The molecule has 1 saturated heterocycles. The van der Waals surface area contributed by atoms with E-state index >= 15 is 0 Å². The predicted octanol–water partition coefficient (Wildman–Crippen LogP) is 1.30. The second-order valence-corrected chi connectivity index (χ2v) is 6.50. The standard InChI is InChI=1S/C10H9Cl2N3O3S/c11-9-3-8(5-14-10(9)12)19(16,17)15-1-2-18-7(4-13)6-15/h3,5,7H,1-2,6H2. The van der Waals surface area contributed by atoms with E-state index in [1.54, 1.807) is 0 Å². The van der Waals surface area contributed by atoms with Crippen molar-refractivity contribution in [3.05, 3.63) is 22.4 Å². The summed E-state index contributed by atoms with van der Waals surface area (Å²) < 4.78 is 30.9. The maximum atomic E-state index is 12.3. The van der Waals surface area contributed by atoms with Crippen molar-refractivity contribution in [2.75, 3.05) is 19.7 Å². The number of rotatable bonds is 2. The lowest BCUT2D eigenvalue weighted by Crippen LogP contribution is -2.45. The monoisotopic (exact) mass is 321 g/mol. The van der Waals surface area contributed by atoms with E-state index in [1.807, 2.05) is 6.07 Å². The normalized spacial score (nSPS) is 21.0. The van der Waals surface area contributed by atoms with Crippen LogP contribution < -0.4 is 0 Å². The van der Waals surface area contributed by atoms with Crippen LogP contribution in [0, 0.1) is 11.3 Å². The van der Waals surface area contributed by atoms with Crippen LogP contribution in [0.5, 0.6) is 0 Å². The minimum Gasteiger partial charge on any atom is -0.361 e. The van der Waals surface area contributed by atoms with E-state index in [0.717, 1.165) is 6.20 Å². The van der Waals surface area contributed by atoms with Gasteiger partial charge in [-0.3, -0.25) is 0 Å². The third-order valence-corrected chi connectivity index (χ3v) is 5.10. The van der Waals surface area contributed by atoms with Crippen molar-refractivity contribution in [1.82, 2.24) is 9.29 Å². The molecule has 0 bridgehead atoms. The molecule has 0 aliphatic carbocycles. The van der Waals surface area contributed by atoms with E-state index in [9.17, 15) is 8.42 Å². The molecular weight excluding hydrogens is 313 g/mol. The summed E-state index contributed by atoms with van der Waals surface area (Å²) in [5, 5.41) is 8.88. The molecule has 0 radical (unpaired) electrons. The van der Waals surface area contributed by atoms with Crippen molar-refractivity contribution in [2.24, 2.45) is 0 Å². The van der Waals surface area contributed by atoms with Crippen LogP contribution in [-0.4, -0.2) is 43.5 Å². The first-order valence-corrected chi connectivity index (χ1v) is 7.47. The highest BCUT2D eigenvalue weighted by Crippen LogP contribution is 2.25. The largest absolute Gasteiger partial charge is 0.361 e. The molecule has 0 saturated carbocycles. The number of ether oxygens (including phenoxy) is 1. The minimum absolute atomic E-state index is 0.0148. The molecule has 1 aromatic heterocycles. The van der Waals surface area contributed by atoms with Crippen molar-refractivity contribution in [3.63, 3.8) is 0 Å². The minimum atomic E-state index is -3.75. The van der Waals surface area contributed by atoms with E-state index in [4.69, 9.17) is 33.2 Å². The zero-order valence-corrected chi connectivity index (χ0v) is 11.9. The highest BCUT2D eigenvalue weighted by atomic mass is 35.5. The summed E-state index contributed by atoms with van der Waals surface area (Å²) in [7, 11) is -3.75. The molecule has 0 amide bonds. The Morgan fingerprint density at radius 3 is 2.89 bits per heavy atom. The van der Waals surface area contributed by atoms with Gasteiger partial charge in [0.1, 0.15) is 10.0 Å². The Morgan fingerprint density at radius 2 is 2.26 bits per heavy atom. The first-order chi connectivity index (χ1) is 8.95. The number of halogens is 2. The molecule has 102 valence electrons. The van der Waals surface area contributed by atoms with Gasteiger partial charge in [-0.05, 0) is 6.07 Å². The molecule has 0 spiro atoms. The van der Waals surface area contributed by atoms with Crippen molar-refractivity contribution >= 4 is 33.2 Å². The third kappa shape index (κ3) is 2.99. The van der Waals surface area contributed by atoms with Crippen LogP contribution in [0.4, 0.5) is 0 Å². The summed E-state index contributed by atoms with van der Waals surface area (Å²) in [6.07, 6.45) is 0.375. The van der Waals surface area contributed by atoms with Crippen LogP contribution in [0.3, 0.4) is 0 Å². The van der Waals surface area contributed by atoms with Crippen LogP contribution >= 0.6 is 23.2 Å². The smallest absolute Gasteiger partial charge is 0.244 e. The zero-order chi connectivity index (χ0) is 14.0. The Kier molecular flexibility index (Phi) is 4.28. The number of nitriles is 1. The van der Waals surface area contributed by atoms with Crippen LogP contribution in [0.25, 0.3) is 0 Å². The summed E-state index contributed by atoms with van der Waals surface area (Å²) in [5.74, 6) is 0. The second-order valence-electron chi connectivity index (χ2n) is 3.80. The molecule has 1 fully saturated rings. The van der Waals surface area contributed by atoms with Crippen LogP contribution in [0.15, 0.2) is 17.2 Å². The molecule has 1 aliphatic rings. The fourth-order valence-electron chi connectivity index (χ4n) is 1.62. The Morgan fingerprint density at radius 1 is 1.53 bits per heavy atom. The van der Waals surface area contributed by atoms with E-state index in [2.05, 4.69) is 4.98 Å². The molecule has 0 aromatic carbocycles. The summed E-state index contributed by atoms with van der Waals surface area (Å²) in [4.78, 5) is 3.66. The molecule has 2 rings (SSSR count). The van der Waals surface area contributed by atoms with E-state index in [0.29, 0.717) is 0 Å². The SMILES string of the molecule is N#CC1CN(S(=O)(=O)c2cnc(Cl)c(Cl)c2)CCO1. The molecule has 2 heterocycles. The molecule has 1 unspecified atom stereocenters. The first-order valence-electron chi connectivity index (χ1n) is 5.27. The first kappa shape index (κ1) is 14.5.